The molecule has 7 heteroatoms. The third kappa shape index (κ3) is 4.74. The molecule has 1 amide bonds. The van der Waals surface area contributed by atoms with Crippen LogP contribution in [0.15, 0.2) is 53.4 Å². The maximum Gasteiger partial charge on any atom is 0.266 e. The summed E-state index contributed by atoms with van der Waals surface area (Å²) in [7, 11) is 1.58. The second-order valence-corrected chi connectivity index (χ2v) is 7.42. The highest BCUT2D eigenvalue weighted by molar-refractivity contribution is 8.26. The van der Waals surface area contributed by atoms with Crippen LogP contribution in [0.4, 0.5) is 4.39 Å². The van der Waals surface area contributed by atoms with Crippen LogP contribution >= 0.6 is 24.0 Å². The van der Waals surface area contributed by atoms with Gasteiger partial charge >= 0.3 is 0 Å². The molecule has 0 aliphatic carbocycles. The van der Waals surface area contributed by atoms with E-state index in [0.717, 1.165) is 5.56 Å². The van der Waals surface area contributed by atoms with E-state index in [1.807, 2.05) is 18.2 Å². The zero-order chi connectivity index (χ0) is 19.2. The van der Waals surface area contributed by atoms with Gasteiger partial charge in [-0.1, -0.05) is 60.4 Å². The standard InChI is InChI=1S/C20H18FNO3S2/c1-24-11-10-22-19(23)18(27-20(22)26)12-14-6-3-5-9-17(14)25-13-15-7-2-4-8-16(15)21/h2-9,12H,10-11,13H2,1H3/b18-12-. The number of para-hydroxylation sites is 1. The van der Waals surface area contributed by atoms with Crippen molar-refractivity contribution in [2.75, 3.05) is 20.3 Å². The number of rotatable bonds is 7. The molecule has 0 spiro atoms. The Morgan fingerprint density at radius 1 is 1.19 bits per heavy atom. The van der Waals surface area contributed by atoms with E-state index in [4.69, 9.17) is 21.7 Å². The van der Waals surface area contributed by atoms with Crippen LogP contribution in [0, 0.1) is 5.82 Å². The first kappa shape index (κ1) is 19.5. The van der Waals surface area contributed by atoms with Crippen molar-refractivity contribution in [2.45, 2.75) is 6.61 Å². The predicted octanol–water partition coefficient (Wildman–Crippen LogP) is 4.25. The highest BCUT2D eigenvalue weighted by Gasteiger charge is 2.31. The van der Waals surface area contributed by atoms with Gasteiger partial charge in [-0.05, 0) is 18.2 Å². The molecular formula is C20H18FNO3S2. The molecule has 3 rings (SSSR count). The van der Waals surface area contributed by atoms with Crippen molar-refractivity contribution >= 4 is 40.3 Å². The first-order valence-electron chi connectivity index (χ1n) is 8.29. The van der Waals surface area contributed by atoms with E-state index >= 15 is 0 Å². The van der Waals surface area contributed by atoms with Crippen molar-refractivity contribution in [3.63, 3.8) is 0 Å². The van der Waals surface area contributed by atoms with Crippen molar-refractivity contribution < 1.29 is 18.7 Å². The number of nitrogens with zero attached hydrogens (tertiary/aromatic N) is 1. The molecule has 2 aromatic carbocycles. The molecule has 0 saturated carbocycles. The summed E-state index contributed by atoms with van der Waals surface area (Å²) in [5, 5.41) is 0. The van der Waals surface area contributed by atoms with Crippen molar-refractivity contribution in [3.05, 3.63) is 70.4 Å². The summed E-state index contributed by atoms with van der Waals surface area (Å²) in [6, 6.07) is 13.8. The van der Waals surface area contributed by atoms with Crippen LogP contribution in [0.2, 0.25) is 0 Å². The number of hydrogen-bond donors (Lipinski definition) is 0. The van der Waals surface area contributed by atoms with Gasteiger partial charge in [0.25, 0.3) is 5.91 Å². The van der Waals surface area contributed by atoms with Crippen LogP contribution in [0.1, 0.15) is 11.1 Å². The predicted molar refractivity (Wildman–Crippen MR) is 109 cm³/mol. The molecule has 1 heterocycles. The molecule has 0 bridgehead atoms. The highest BCUT2D eigenvalue weighted by Crippen LogP contribution is 2.34. The topological polar surface area (TPSA) is 38.8 Å². The minimum atomic E-state index is -0.311. The number of thioether (sulfide) groups is 1. The van der Waals surface area contributed by atoms with E-state index in [9.17, 15) is 9.18 Å². The van der Waals surface area contributed by atoms with Gasteiger partial charge in [0.15, 0.2) is 0 Å². The van der Waals surface area contributed by atoms with E-state index in [2.05, 4.69) is 0 Å². The first-order chi connectivity index (χ1) is 13.1. The largest absolute Gasteiger partial charge is 0.488 e. The molecular weight excluding hydrogens is 385 g/mol. The zero-order valence-electron chi connectivity index (χ0n) is 14.7. The van der Waals surface area contributed by atoms with Gasteiger partial charge in [-0.2, -0.15) is 0 Å². The van der Waals surface area contributed by atoms with Crippen LogP contribution in [0.5, 0.6) is 5.75 Å². The lowest BCUT2D eigenvalue weighted by atomic mass is 10.1. The lowest BCUT2D eigenvalue weighted by Gasteiger charge is -2.13. The summed E-state index contributed by atoms with van der Waals surface area (Å²) in [6.07, 6.45) is 1.75. The summed E-state index contributed by atoms with van der Waals surface area (Å²) in [5.74, 6) is 0.114. The molecule has 0 N–H and O–H groups in total. The summed E-state index contributed by atoms with van der Waals surface area (Å²) < 4.78 is 25.1. The quantitative estimate of drug-likeness (QED) is 0.510. The van der Waals surface area contributed by atoms with Gasteiger partial charge in [0.1, 0.15) is 22.5 Å². The Balaban J connectivity index is 1.78. The van der Waals surface area contributed by atoms with E-state index < -0.39 is 0 Å². The third-order valence-corrected chi connectivity index (χ3v) is 5.32. The number of methoxy groups -OCH3 is 1. The summed E-state index contributed by atoms with van der Waals surface area (Å²) >= 11 is 6.54. The number of amides is 1. The maximum absolute atomic E-state index is 13.8. The molecule has 0 atom stereocenters. The molecule has 0 unspecified atom stereocenters. The van der Waals surface area contributed by atoms with Crippen LogP contribution in [0.25, 0.3) is 6.08 Å². The van der Waals surface area contributed by atoms with Crippen molar-refractivity contribution in [3.8, 4) is 5.75 Å². The van der Waals surface area contributed by atoms with E-state index in [1.54, 1.807) is 37.5 Å². The fraction of sp³-hybridized carbons (Fsp3) is 0.200. The molecule has 140 valence electrons. The third-order valence-electron chi connectivity index (χ3n) is 3.94. The van der Waals surface area contributed by atoms with E-state index in [1.165, 1.54) is 22.7 Å². The van der Waals surface area contributed by atoms with Gasteiger partial charge < -0.3 is 9.47 Å². The SMILES string of the molecule is COCCN1C(=O)/C(=C/c2ccccc2OCc2ccccc2F)SC1=S. The number of ether oxygens (including phenoxy) is 2. The molecule has 1 aliphatic rings. The van der Waals surface area contributed by atoms with Gasteiger partial charge in [0.05, 0.1) is 18.1 Å². The van der Waals surface area contributed by atoms with Gasteiger partial charge in [0, 0.05) is 18.2 Å². The lowest BCUT2D eigenvalue weighted by Crippen LogP contribution is -2.31. The Labute approximate surface area is 167 Å². The van der Waals surface area contributed by atoms with Gasteiger partial charge in [-0.25, -0.2) is 4.39 Å². The average Bonchev–Trinajstić information content (AvgIpc) is 2.93. The normalized spacial score (nSPS) is 15.6. The average molecular weight is 404 g/mol. The lowest BCUT2D eigenvalue weighted by molar-refractivity contribution is -0.122. The molecule has 2 aromatic rings. The molecule has 0 radical (unpaired) electrons. The molecule has 1 fully saturated rings. The fourth-order valence-corrected chi connectivity index (χ4v) is 3.82. The Morgan fingerprint density at radius 2 is 1.93 bits per heavy atom. The Hall–Kier alpha value is -2.22. The van der Waals surface area contributed by atoms with Crippen LogP contribution in [0.3, 0.4) is 0 Å². The summed E-state index contributed by atoms with van der Waals surface area (Å²) in [6.45, 7) is 0.943. The van der Waals surface area contributed by atoms with Crippen molar-refractivity contribution in [1.29, 1.82) is 0 Å². The number of hydrogen-bond acceptors (Lipinski definition) is 5. The monoisotopic (exact) mass is 403 g/mol. The van der Waals surface area contributed by atoms with Crippen molar-refractivity contribution in [1.82, 2.24) is 4.90 Å². The Morgan fingerprint density at radius 3 is 2.70 bits per heavy atom. The van der Waals surface area contributed by atoms with E-state index in [-0.39, 0.29) is 18.3 Å². The second kappa shape index (κ2) is 9.12. The number of halogens is 1. The Bertz CT molecular complexity index is 885. The molecule has 27 heavy (non-hydrogen) atoms. The van der Waals surface area contributed by atoms with Crippen LogP contribution < -0.4 is 4.74 Å². The van der Waals surface area contributed by atoms with Gasteiger partial charge in [-0.3, -0.25) is 9.69 Å². The maximum atomic E-state index is 13.8. The molecule has 1 saturated heterocycles. The second-order valence-electron chi connectivity index (χ2n) is 5.74. The highest BCUT2D eigenvalue weighted by atomic mass is 32.2. The number of carbonyl (C=O) groups is 1. The van der Waals surface area contributed by atoms with Crippen molar-refractivity contribution in [2.24, 2.45) is 0 Å². The Kier molecular flexibility index (Phi) is 6.60. The van der Waals surface area contributed by atoms with Gasteiger partial charge in [0.2, 0.25) is 0 Å². The van der Waals surface area contributed by atoms with Gasteiger partial charge in [-0.15, -0.1) is 0 Å². The minimum Gasteiger partial charge on any atom is -0.488 e. The molecule has 4 nitrogen and oxygen atoms in total. The number of thiocarbonyl (C=S) groups is 1. The summed E-state index contributed by atoms with van der Waals surface area (Å²) in [4.78, 5) is 14.6. The molecule has 1 aliphatic heterocycles. The van der Waals surface area contributed by atoms with Crippen LogP contribution in [-0.4, -0.2) is 35.4 Å². The first-order valence-corrected chi connectivity index (χ1v) is 9.52. The number of carbonyl (C=O) groups excluding carboxylic acids is 1. The minimum absolute atomic E-state index is 0.103. The zero-order valence-corrected chi connectivity index (χ0v) is 16.3. The number of benzene rings is 2. The fourth-order valence-electron chi connectivity index (χ4n) is 2.52. The summed E-state index contributed by atoms with van der Waals surface area (Å²) in [5.41, 5.74) is 1.21. The van der Waals surface area contributed by atoms with E-state index in [0.29, 0.717) is 33.7 Å². The van der Waals surface area contributed by atoms with Crippen LogP contribution in [-0.2, 0) is 16.1 Å². The smallest absolute Gasteiger partial charge is 0.266 e. The molecule has 0 aromatic heterocycles.